The molecule has 0 fully saturated rings. The van der Waals surface area contributed by atoms with Crippen molar-refractivity contribution >= 4 is 22.9 Å². The Morgan fingerprint density at radius 3 is 2.82 bits per heavy atom. The van der Waals surface area contributed by atoms with Gasteiger partial charge in [-0.3, -0.25) is 4.79 Å². The number of nitrogens with zero attached hydrogens (tertiary/aromatic N) is 2. The largest absolute Gasteiger partial charge is 0.333 e. The summed E-state index contributed by atoms with van der Waals surface area (Å²) in [6, 6.07) is 12.0. The fourth-order valence-corrected chi connectivity index (χ4v) is 3.42. The molecule has 0 aliphatic rings. The molecule has 0 aliphatic heterocycles. The lowest BCUT2D eigenvalue weighted by Crippen LogP contribution is -2.14. The fourth-order valence-electron chi connectivity index (χ4n) is 2.65. The van der Waals surface area contributed by atoms with E-state index in [2.05, 4.69) is 15.5 Å². The SMILES string of the molecule is Cc1cccc(-c2noc(-c3sccc3NC(=O)c3cc(F)ccc3F)n2)c1. The molecule has 8 heteroatoms. The summed E-state index contributed by atoms with van der Waals surface area (Å²) in [5.74, 6) is -1.64. The standard InChI is InChI=1S/C20H13F2N3O2S/c1-11-3-2-4-12(9-11)18-24-20(27-25-18)17-16(7-8-28-17)23-19(26)14-10-13(21)5-6-15(14)22/h2-10H,1H3,(H,23,26). The summed E-state index contributed by atoms with van der Waals surface area (Å²) in [6.07, 6.45) is 0. The summed E-state index contributed by atoms with van der Waals surface area (Å²) in [5.41, 5.74) is 1.85. The van der Waals surface area contributed by atoms with Crippen molar-refractivity contribution in [1.82, 2.24) is 10.1 Å². The van der Waals surface area contributed by atoms with Gasteiger partial charge in [-0.05, 0) is 42.6 Å². The van der Waals surface area contributed by atoms with Crippen LogP contribution in [0.2, 0.25) is 0 Å². The number of halogens is 2. The van der Waals surface area contributed by atoms with E-state index < -0.39 is 17.5 Å². The first kappa shape index (κ1) is 18.0. The summed E-state index contributed by atoms with van der Waals surface area (Å²) in [5, 5.41) is 8.28. The number of carbonyl (C=O) groups is 1. The Morgan fingerprint density at radius 1 is 1.14 bits per heavy atom. The second-order valence-corrected chi connectivity index (χ2v) is 6.95. The molecule has 2 heterocycles. The van der Waals surface area contributed by atoms with Crippen LogP contribution in [0, 0.1) is 18.6 Å². The summed E-state index contributed by atoms with van der Waals surface area (Å²) in [6.45, 7) is 1.96. The van der Waals surface area contributed by atoms with Crippen molar-refractivity contribution in [3.05, 3.63) is 76.7 Å². The Balaban J connectivity index is 1.61. The third-order valence-corrected chi connectivity index (χ3v) is 4.89. The van der Waals surface area contributed by atoms with E-state index in [1.54, 1.807) is 11.4 Å². The van der Waals surface area contributed by atoms with Gasteiger partial charge >= 0.3 is 0 Å². The van der Waals surface area contributed by atoms with Crippen LogP contribution in [0.25, 0.3) is 22.2 Å². The topological polar surface area (TPSA) is 68.0 Å². The minimum absolute atomic E-state index is 0.224. The lowest BCUT2D eigenvalue weighted by atomic mass is 10.1. The molecule has 0 unspecified atom stereocenters. The van der Waals surface area contributed by atoms with Crippen LogP contribution >= 0.6 is 11.3 Å². The highest BCUT2D eigenvalue weighted by Crippen LogP contribution is 2.34. The maximum absolute atomic E-state index is 13.8. The summed E-state index contributed by atoms with van der Waals surface area (Å²) >= 11 is 1.28. The van der Waals surface area contributed by atoms with Crippen molar-refractivity contribution in [1.29, 1.82) is 0 Å². The quantitative estimate of drug-likeness (QED) is 0.507. The fraction of sp³-hybridized carbons (Fsp3) is 0.0500. The highest BCUT2D eigenvalue weighted by Gasteiger charge is 2.19. The molecule has 4 rings (SSSR count). The number of hydrogen-bond acceptors (Lipinski definition) is 5. The van der Waals surface area contributed by atoms with E-state index in [-0.39, 0.29) is 11.5 Å². The molecule has 4 aromatic rings. The molecule has 0 atom stereocenters. The maximum Gasteiger partial charge on any atom is 0.270 e. The molecule has 0 saturated carbocycles. The van der Waals surface area contributed by atoms with Gasteiger partial charge in [-0.15, -0.1) is 11.3 Å². The zero-order valence-electron chi connectivity index (χ0n) is 14.6. The first-order chi connectivity index (χ1) is 13.5. The van der Waals surface area contributed by atoms with E-state index in [9.17, 15) is 13.6 Å². The van der Waals surface area contributed by atoms with E-state index in [1.807, 2.05) is 31.2 Å². The zero-order chi connectivity index (χ0) is 19.7. The van der Waals surface area contributed by atoms with E-state index in [0.29, 0.717) is 16.4 Å². The highest BCUT2D eigenvalue weighted by molar-refractivity contribution is 7.14. The number of rotatable bonds is 4. The van der Waals surface area contributed by atoms with Crippen LogP contribution in [-0.4, -0.2) is 16.0 Å². The van der Waals surface area contributed by atoms with Crippen molar-refractivity contribution in [2.75, 3.05) is 5.32 Å². The average Bonchev–Trinajstić information content (AvgIpc) is 3.33. The van der Waals surface area contributed by atoms with Gasteiger partial charge in [0.15, 0.2) is 0 Å². The van der Waals surface area contributed by atoms with Crippen LogP contribution in [0.5, 0.6) is 0 Å². The molecule has 0 saturated heterocycles. The number of aryl methyl sites for hydroxylation is 1. The predicted molar refractivity (Wildman–Crippen MR) is 102 cm³/mol. The van der Waals surface area contributed by atoms with E-state index in [1.165, 1.54) is 11.3 Å². The van der Waals surface area contributed by atoms with Crippen molar-refractivity contribution in [2.24, 2.45) is 0 Å². The van der Waals surface area contributed by atoms with Crippen LogP contribution in [0.3, 0.4) is 0 Å². The zero-order valence-corrected chi connectivity index (χ0v) is 15.4. The van der Waals surface area contributed by atoms with Gasteiger partial charge in [-0.1, -0.05) is 28.9 Å². The van der Waals surface area contributed by atoms with Gasteiger partial charge in [0.25, 0.3) is 11.8 Å². The number of aromatic nitrogens is 2. The minimum Gasteiger partial charge on any atom is -0.333 e. The number of amides is 1. The first-order valence-corrected chi connectivity index (χ1v) is 9.14. The number of anilines is 1. The van der Waals surface area contributed by atoms with E-state index in [0.717, 1.165) is 29.3 Å². The molecule has 1 N–H and O–H groups in total. The van der Waals surface area contributed by atoms with Gasteiger partial charge in [0.2, 0.25) is 5.82 Å². The maximum atomic E-state index is 13.8. The van der Waals surface area contributed by atoms with Crippen molar-refractivity contribution in [3.63, 3.8) is 0 Å². The van der Waals surface area contributed by atoms with Crippen LogP contribution in [0.1, 0.15) is 15.9 Å². The van der Waals surface area contributed by atoms with Crippen LogP contribution in [0.4, 0.5) is 14.5 Å². The molecular formula is C20H13F2N3O2S. The Hall–Kier alpha value is -3.39. The molecule has 28 heavy (non-hydrogen) atoms. The highest BCUT2D eigenvalue weighted by atomic mass is 32.1. The number of nitrogens with one attached hydrogen (secondary N) is 1. The lowest BCUT2D eigenvalue weighted by Gasteiger charge is -2.06. The second-order valence-electron chi connectivity index (χ2n) is 6.03. The predicted octanol–water partition coefficient (Wildman–Crippen LogP) is 5.30. The Morgan fingerprint density at radius 2 is 2.00 bits per heavy atom. The molecule has 140 valence electrons. The molecule has 0 aliphatic carbocycles. The molecule has 2 aromatic carbocycles. The molecule has 2 aromatic heterocycles. The summed E-state index contributed by atoms with van der Waals surface area (Å²) < 4.78 is 32.5. The van der Waals surface area contributed by atoms with Gasteiger partial charge in [-0.2, -0.15) is 4.98 Å². The summed E-state index contributed by atoms with van der Waals surface area (Å²) in [7, 11) is 0. The number of benzene rings is 2. The van der Waals surface area contributed by atoms with Gasteiger partial charge < -0.3 is 9.84 Å². The molecular weight excluding hydrogens is 384 g/mol. The van der Waals surface area contributed by atoms with Gasteiger partial charge in [0.1, 0.15) is 16.5 Å². The van der Waals surface area contributed by atoms with E-state index >= 15 is 0 Å². The van der Waals surface area contributed by atoms with Crippen molar-refractivity contribution in [3.8, 4) is 22.2 Å². The molecule has 0 bridgehead atoms. The third-order valence-electron chi connectivity index (χ3n) is 3.98. The number of thiophene rings is 1. The molecule has 0 spiro atoms. The molecule has 5 nitrogen and oxygen atoms in total. The van der Waals surface area contributed by atoms with Crippen LogP contribution in [0.15, 0.2) is 58.4 Å². The smallest absolute Gasteiger partial charge is 0.270 e. The average molecular weight is 397 g/mol. The monoisotopic (exact) mass is 397 g/mol. The molecule has 1 amide bonds. The summed E-state index contributed by atoms with van der Waals surface area (Å²) in [4.78, 5) is 17.3. The Bertz CT molecular complexity index is 1170. The third kappa shape index (κ3) is 3.54. The minimum atomic E-state index is -0.810. The Kier molecular flexibility index (Phi) is 4.70. The van der Waals surface area contributed by atoms with E-state index in [4.69, 9.17) is 4.52 Å². The lowest BCUT2D eigenvalue weighted by molar-refractivity contribution is 0.102. The second kappa shape index (κ2) is 7.32. The van der Waals surface area contributed by atoms with Crippen LogP contribution < -0.4 is 5.32 Å². The first-order valence-electron chi connectivity index (χ1n) is 8.26. The molecule has 0 radical (unpaired) electrons. The normalized spacial score (nSPS) is 10.8. The van der Waals surface area contributed by atoms with Gasteiger partial charge in [-0.25, -0.2) is 8.78 Å². The van der Waals surface area contributed by atoms with Crippen molar-refractivity contribution < 1.29 is 18.1 Å². The number of hydrogen-bond donors (Lipinski definition) is 1. The number of carbonyl (C=O) groups excluding carboxylic acids is 1. The van der Waals surface area contributed by atoms with Gasteiger partial charge in [0, 0.05) is 5.56 Å². The Labute approximate surface area is 162 Å². The van der Waals surface area contributed by atoms with Gasteiger partial charge in [0.05, 0.1) is 11.3 Å². The van der Waals surface area contributed by atoms with Crippen molar-refractivity contribution in [2.45, 2.75) is 6.92 Å². The van der Waals surface area contributed by atoms with Crippen LogP contribution in [-0.2, 0) is 0 Å².